The third-order valence-electron chi connectivity index (χ3n) is 4.55. The van der Waals surface area contributed by atoms with Crippen molar-refractivity contribution in [3.63, 3.8) is 0 Å². The summed E-state index contributed by atoms with van der Waals surface area (Å²) in [6, 6.07) is 0. The molecule has 0 aliphatic carbocycles. The predicted molar refractivity (Wildman–Crippen MR) is 109 cm³/mol. The molecule has 0 aliphatic rings. The summed E-state index contributed by atoms with van der Waals surface area (Å²) in [6.45, 7) is 5.91. The van der Waals surface area contributed by atoms with Gasteiger partial charge < -0.3 is 14.6 Å². The summed E-state index contributed by atoms with van der Waals surface area (Å²) in [6.07, 6.45) is 20.3. The Bertz CT molecular complexity index is 432. The smallest absolute Gasteiger partial charge is 0.550 e. The maximum Gasteiger partial charge on any atom is 1.00 e. The molecular weight excluding hydrogens is 363 g/mol. The molecule has 0 aromatic heterocycles. The van der Waals surface area contributed by atoms with Crippen LogP contribution in [0.15, 0.2) is 24.5 Å². The van der Waals surface area contributed by atoms with E-state index in [1.807, 2.05) is 6.08 Å². The Morgan fingerprint density at radius 3 is 1.82 bits per heavy atom. The minimum absolute atomic E-state index is 0. The normalized spacial score (nSPS) is 11.0. The van der Waals surface area contributed by atoms with E-state index in [1.54, 1.807) is 6.08 Å². The first-order chi connectivity index (χ1) is 13.1. The molecule has 0 atom stereocenters. The van der Waals surface area contributed by atoms with Gasteiger partial charge in [0.25, 0.3) is 0 Å². The van der Waals surface area contributed by atoms with Crippen LogP contribution in [0.1, 0.15) is 110 Å². The van der Waals surface area contributed by atoms with Gasteiger partial charge in [0, 0.05) is 12.4 Å². The molecule has 5 heteroatoms. The zero-order valence-corrected chi connectivity index (χ0v) is 20.3. The number of carbonyl (C=O) groups is 2. The molecule has 0 spiro atoms. The van der Waals surface area contributed by atoms with E-state index in [2.05, 4.69) is 13.5 Å². The van der Waals surface area contributed by atoms with E-state index in [0.29, 0.717) is 12.2 Å². The summed E-state index contributed by atoms with van der Waals surface area (Å²) >= 11 is 0. The van der Waals surface area contributed by atoms with Gasteiger partial charge in [-0.25, -0.2) is 0 Å². The van der Waals surface area contributed by atoms with Gasteiger partial charge in [-0.1, -0.05) is 83.6 Å². The summed E-state index contributed by atoms with van der Waals surface area (Å²) in [5.41, 5.74) is 0. The van der Waals surface area contributed by atoms with Crippen LogP contribution in [-0.2, 0) is 14.3 Å². The number of hydrogen-bond acceptors (Lipinski definition) is 4. The molecule has 0 aliphatic heterocycles. The number of esters is 1. The number of hydrogen-bond donors (Lipinski definition) is 0. The number of carbonyl (C=O) groups excluding carboxylic acids is 2. The first-order valence-corrected chi connectivity index (χ1v) is 10.8. The minimum atomic E-state index is -1.24. The molecule has 0 radical (unpaired) electrons. The second-order valence-corrected chi connectivity index (χ2v) is 7.19. The van der Waals surface area contributed by atoms with Crippen LogP contribution in [-0.4, -0.2) is 11.9 Å². The van der Waals surface area contributed by atoms with Crippen molar-refractivity contribution >= 4 is 11.9 Å². The minimum Gasteiger partial charge on any atom is -0.550 e. The Morgan fingerprint density at radius 2 is 1.36 bits per heavy atom. The van der Waals surface area contributed by atoms with Crippen molar-refractivity contribution in [2.24, 2.45) is 0 Å². The van der Waals surface area contributed by atoms with Crippen molar-refractivity contribution in [3.8, 4) is 0 Å². The Kier molecular flexibility index (Phi) is 24.0. The molecule has 0 saturated carbocycles. The van der Waals surface area contributed by atoms with Gasteiger partial charge in [-0.15, -0.1) is 6.58 Å². The number of carboxylic acids is 1. The molecule has 0 aromatic rings. The van der Waals surface area contributed by atoms with Gasteiger partial charge in [0.05, 0.1) is 6.42 Å². The molecule has 0 rings (SSSR count). The molecule has 0 unspecified atom stereocenters. The van der Waals surface area contributed by atoms with E-state index in [0.717, 1.165) is 12.8 Å². The number of ether oxygens (including phenoxy) is 1. The van der Waals surface area contributed by atoms with Gasteiger partial charge in [0.1, 0.15) is 5.76 Å². The number of rotatable bonds is 19. The fraction of sp³-hybridized carbons (Fsp3) is 0.739. The van der Waals surface area contributed by atoms with Crippen LogP contribution < -0.4 is 34.7 Å². The molecule has 156 valence electrons. The molecule has 0 amide bonds. The van der Waals surface area contributed by atoms with E-state index in [4.69, 9.17) is 4.74 Å². The predicted octanol–water partition coefficient (Wildman–Crippen LogP) is 2.61. The quantitative estimate of drug-likeness (QED) is 0.110. The average Bonchev–Trinajstić information content (AvgIpc) is 2.64. The number of allylic oxidation sites excluding steroid dienone is 2. The van der Waals surface area contributed by atoms with Crippen molar-refractivity contribution in [1.82, 2.24) is 0 Å². The van der Waals surface area contributed by atoms with Crippen molar-refractivity contribution in [1.29, 1.82) is 0 Å². The third kappa shape index (κ3) is 21.7. The zero-order chi connectivity index (χ0) is 20.2. The van der Waals surface area contributed by atoms with Gasteiger partial charge in [-0.3, -0.25) is 4.79 Å². The van der Waals surface area contributed by atoms with E-state index >= 15 is 0 Å². The fourth-order valence-corrected chi connectivity index (χ4v) is 2.96. The largest absolute Gasteiger partial charge is 1.00 e. The molecule has 0 heterocycles. The molecule has 28 heavy (non-hydrogen) atoms. The van der Waals surface area contributed by atoms with Gasteiger partial charge in [0.2, 0.25) is 0 Å². The second-order valence-electron chi connectivity index (χ2n) is 7.19. The van der Waals surface area contributed by atoms with Gasteiger partial charge >= 0.3 is 35.5 Å². The van der Waals surface area contributed by atoms with Crippen molar-refractivity contribution in [3.05, 3.63) is 24.5 Å². The maximum atomic E-state index is 11.6. The topological polar surface area (TPSA) is 66.4 Å². The molecule has 0 saturated heterocycles. The van der Waals surface area contributed by atoms with Crippen LogP contribution in [0.3, 0.4) is 0 Å². The molecule has 0 fully saturated rings. The standard InChI is InChI=1S/C23H40O4.Na/c1-3-5-6-7-8-9-10-11-12-13-14-15-16-18-21(17-4-2)27-23(26)20-19-22(24)25;/h4,18H,2-3,5-17,19-20H2,1H3,(H,24,25);/q;+1/p-1/b21-18+;. The van der Waals surface area contributed by atoms with Gasteiger partial charge in [-0.05, 0) is 25.3 Å². The Labute approximate surface area is 194 Å². The SMILES string of the molecule is C=CC/C(=C\CCCCCCCCCCCCCC)OC(=O)CCC(=O)[O-].[Na+]. The summed E-state index contributed by atoms with van der Waals surface area (Å²) in [5.74, 6) is -1.20. The average molecular weight is 403 g/mol. The van der Waals surface area contributed by atoms with E-state index in [9.17, 15) is 14.7 Å². The number of carboxylic acid groups (broad SMARTS) is 1. The summed E-state index contributed by atoms with van der Waals surface area (Å²) < 4.78 is 5.21. The Balaban J connectivity index is 0. The molecule has 4 nitrogen and oxygen atoms in total. The second kappa shape index (κ2) is 22.7. The summed E-state index contributed by atoms with van der Waals surface area (Å²) in [5, 5.41) is 10.4. The van der Waals surface area contributed by atoms with E-state index < -0.39 is 11.9 Å². The van der Waals surface area contributed by atoms with Gasteiger partial charge in [-0.2, -0.15) is 0 Å². The Hall–Kier alpha value is -0.580. The van der Waals surface area contributed by atoms with Crippen LogP contribution >= 0.6 is 0 Å². The fourth-order valence-electron chi connectivity index (χ4n) is 2.96. The molecular formula is C23H39NaO4. The molecule has 0 N–H and O–H groups in total. The van der Waals surface area contributed by atoms with Crippen molar-refractivity contribution in [2.45, 2.75) is 110 Å². The van der Waals surface area contributed by atoms with Crippen LogP contribution in [0, 0.1) is 0 Å². The summed E-state index contributed by atoms with van der Waals surface area (Å²) in [7, 11) is 0. The molecule has 0 bridgehead atoms. The monoisotopic (exact) mass is 402 g/mol. The first-order valence-electron chi connectivity index (χ1n) is 10.8. The first kappa shape index (κ1) is 29.6. The number of unbranched alkanes of at least 4 members (excludes halogenated alkanes) is 12. The van der Waals surface area contributed by atoms with E-state index in [-0.39, 0.29) is 42.4 Å². The summed E-state index contributed by atoms with van der Waals surface area (Å²) in [4.78, 5) is 22.0. The molecule has 0 aromatic carbocycles. The number of aliphatic carboxylic acids is 1. The van der Waals surface area contributed by atoms with Crippen molar-refractivity contribution < 1.29 is 49.0 Å². The van der Waals surface area contributed by atoms with E-state index in [1.165, 1.54) is 70.6 Å². The van der Waals surface area contributed by atoms with Crippen LogP contribution in [0.4, 0.5) is 0 Å². The van der Waals surface area contributed by atoms with Crippen LogP contribution in [0.2, 0.25) is 0 Å². The van der Waals surface area contributed by atoms with Gasteiger partial charge in [0.15, 0.2) is 0 Å². The Morgan fingerprint density at radius 1 is 0.857 bits per heavy atom. The third-order valence-corrected chi connectivity index (χ3v) is 4.55. The zero-order valence-electron chi connectivity index (χ0n) is 18.3. The maximum absolute atomic E-state index is 11.6. The van der Waals surface area contributed by atoms with Crippen LogP contribution in [0.5, 0.6) is 0 Å². The van der Waals surface area contributed by atoms with Crippen molar-refractivity contribution in [2.75, 3.05) is 0 Å². The van der Waals surface area contributed by atoms with Crippen LogP contribution in [0.25, 0.3) is 0 Å².